The molecular weight excluding hydrogens is 355 g/mol. The number of ether oxygens (including phenoxy) is 1. The minimum Gasteiger partial charge on any atom is -0.482 e. The van der Waals surface area contributed by atoms with Gasteiger partial charge in [-0.15, -0.1) is 0 Å². The number of carbonyl (C=O) groups is 1. The molecule has 3 N–H and O–H groups in total. The second-order valence-corrected chi connectivity index (χ2v) is 6.65. The van der Waals surface area contributed by atoms with Crippen molar-refractivity contribution in [3.05, 3.63) is 22.4 Å². The maximum Gasteiger partial charge on any atom is 0.258 e. The minimum absolute atomic E-state index is 0.00815. The Morgan fingerprint density at radius 3 is 2.60 bits per heavy atom. The van der Waals surface area contributed by atoms with Crippen molar-refractivity contribution in [3.8, 4) is 5.75 Å². The van der Waals surface area contributed by atoms with Gasteiger partial charge in [0.05, 0.1) is 4.47 Å². The SMILES string of the molecule is CC(C)NC(=O)COc1cc(F)c(S(N)(=O)=O)cc1Br. The van der Waals surface area contributed by atoms with Gasteiger partial charge in [0.15, 0.2) is 6.61 Å². The summed E-state index contributed by atoms with van der Waals surface area (Å²) < 4.78 is 41.1. The number of rotatable bonds is 5. The highest BCUT2D eigenvalue weighted by Crippen LogP contribution is 2.29. The van der Waals surface area contributed by atoms with Crippen molar-refractivity contribution in [2.75, 3.05) is 6.61 Å². The molecule has 0 saturated carbocycles. The molecule has 0 aliphatic heterocycles. The first kappa shape index (κ1) is 16.9. The zero-order chi connectivity index (χ0) is 15.5. The van der Waals surface area contributed by atoms with E-state index in [2.05, 4.69) is 21.2 Å². The summed E-state index contributed by atoms with van der Waals surface area (Å²) in [6.45, 7) is 3.26. The number of nitrogens with one attached hydrogen (secondary N) is 1. The molecule has 0 atom stereocenters. The van der Waals surface area contributed by atoms with E-state index in [4.69, 9.17) is 9.88 Å². The van der Waals surface area contributed by atoms with Gasteiger partial charge >= 0.3 is 0 Å². The Bertz CT molecular complexity index is 619. The summed E-state index contributed by atoms with van der Waals surface area (Å²) in [4.78, 5) is 10.7. The Kier molecular flexibility index (Phi) is 5.49. The molecule has 0 bridgehead atoms. The number of hydrogen-bond donors (Lipinski definition) is 2. The lowest BCUT2D eigenvalue weighted by Gasteiger charge is -2.11. The van der Waals surface area contributed by atoms with Crippen LogP contribution in [-0.4, -0.2) is 27.0 Å². The van der Waals surface area contributed by atoms with Gasteiger partial charge in [0.1, 0.15) is 16.5 Å². The van der Waals surface area contributed by atoms with Crippen molar-refractivity contribution < 1.29 is 22.3 Å². The van der Waals surface area contributed by atoms with Crippen molar-refractivity contribution in [2.24, 2.45) is 5.14 Å². The molecule has 0 unspecified atom stereocenters. The molecule has 1 rings (SSSR count). The van der Waals surface area contributed by atoms with E-state index in [1.54, 1.807) is 13.8 Å². The maximum atomic E-state index is 13.6. The van der Waals surface area contributed by atoms with Crippen molar-refractivity contribution in [3.63, 3.8) is 0 Å². The molecule has 0 aliphatic carbocycles. The van der Waals surface area contributed by atoms with Crippen LogP contribution in [0.2, 0.25) is 0 Å². The van der Waals surface area contributed by atoms with Crippen molar-refractivity contribution in [1.82, 2.24) is 5.32 Å². The molecule has 20 heavy (non-hydrogen) atoms. The zero-order valence-electron chi connectivity index (χ0n) is 10.8. The van der Waals surface area contributed by atoms with Gasteiger partial charge in [-0.2, -0.15) is 0 Å². The second-order valence-electron chi connectivity index (χ2n) is 4.27. The minimum atomic E-state index is -4.16. The van der Waals surface area contributed by atoms with Crippen LogP contribution in [0.3, 0.4) is 0 Å². The summed E-state index contributed by atoms with van der Waals surface area (Å²) in [5, 5.41) is 7.45. The largest absolute Gasteiger partial charge is 0.482 e. The standard InChI is InChI=1S/C11H14BrFN2O4S/c1-6(2)15-11(16)5-19-9-4-8(13)10(3-7(9)12)20(14,17)18/h3-4,6H,5H2,1-2H3,(H,15,16)(H2,14,17,18). The summed E-state index contributed by atoms with van der Waals surface area (Å²) >= 11 is 3.03. The monoisotopic (exact) mass is 368 g/mol. The Labute approximate surface area is 124 Å². The summed E-state index contributed by atoms with van der Waals surface area (Å²) in [5.41, 5.74) is 0. The Morgan fingerprint density at radius 2 is 2.10 bits per heavy atom. The maximum absolute atomic E-state index is 13.6. The topological polar surface area (TPSA) is 98.5 Å². The molecule has 6 nitrogen and oxygen atoms in total. The molecule has 0 aromatic heterocycles. The summed E-state index contributed by atoms with van der Waals surface area (Å²) in [5.74, 6) is -1.41. The number of primary sulfonamides is 1. The highest BCUT2D eigenvalue weighted by atomic mass is 79.9. The Hall–Kier alpha value is -1.19. The second kappa shape index (κ2) is 6.51. The van der Waals surface area contributed by atoms with Crippen LogP contribution in [0.1, 0.15) is 13.8 Å². The lowest BCUT2D eigenvalue weighted by Crippen LogP contribution is -2.34. The van der Waals surface area contributed by atoms with Crippen LogP contribution in [0, 0.1) is 5.82 Å². The normalized spacial score (nSPS) is 11.5. The summed E-state index contributed by atoms with van der Waals surface area (Å²) in [7, 11) is -4.16. The van der Waals surface area contributed by atoms with Crippen LogP contribution in [-0.2, 0) is 14.8 Å². The molecule has 0 aliphatic rings. The molecule has 1 amide bonds. The van der Waals surface area contributed by atoms with E-state index in [9.17, 15) is 17.6 Å². The molecular formula is C11H14BrFN2O4S. The first-order valence-electron chi connectivity index (χ1n) is 5.55. The van der Waals surface area contributed by atoms with Crippen LogP contribution in [0.25, 0.3) is 0 Å². The van der Waals surface area contributed by atoms with Crippen LogP contribution in [0.5, 0.6) is 5.75 Å². The lowest BCUT2D eigenvalue weighted by atomic mass is 10.3. The van der Waals surface area contributed by atoms with Gasteiger partial charge in [-0.05, 0) is 35.8 Å². The van der Waals surface area contributed by atoms with E-state index in [0.29, 0.717) is 0 Å². The van der Waals surface area contributed by atoms with E-state index in [-0.39, 0.29) is 28.8 Å². The first-order chi connectivity index (χ1) is 9.11. The molecule has 0 fully saturated rings. The van der Waals surface area contributed by atoms with Crippen LogP contribution in [0.15, 0.2) is 21.5 Å². The van der Waals surface area contributed by atoms with E-state index in [1.165, 1.54) is 0 Å². The third-order valence-corrected chi connectivity index (χ3v) is 3.65. The number of sulfonamides is 1. The van der Waals surface area contributed by atoms with Gasteiger partial charge in [0.2, 0.25) is 10.0 Å². The van der Waals surface area contributed by atoms with Gasteiger partial charge < -0.3 is 10.1 Å². The fourth-order valence-electron chi connectivity index (χ4n) is 1.35. The van der Waals surface area contributed by atoms with Gasteiger partial charge in [0.25, 0.3) is 5.91 Å². The summed E-state index contributed by atoms with van der Waals surface area (Å²) in [6.07, 6.45) is 0. The molecule has 0 saturated heterocycles. The van der Waals surface area contributed by atoms with Gasteiger partial charge in [-0.25, -0.2) is 17.9 Å². The highest BCUT2D eigenvalue weighted by molar-refractivity contribution is 9.10. The van der Waals surface area contributed by atoms with Crippen molar-refractivity contribution in [1.29, 1.82) is 0 Å². The molecule has 0 radical (unpaired) electrons. The van der Waals surface area contributed by atoms with E-state index in [0.717, 1.165) is 12.1 Å². The quantitative estimate of drug-likeness (QED) is 0.813. The fourth-order valence-corrected chi connectivity index (χ4v) is 2.57. The fraction of sp³-hybridized carbons (Fsp3) is 0.364. The molecule has 9 heteroatoms. The average molecular weight is 369 g/mol. The van der Waals surface area contributed by atoms with Gasteiger partial charge in [-0.3, -0.25) is 4.79 Å². The van der Waals surface area contributed by atoms with Crippen molar-refractivity contribution >= 4 is 31.9 Å². The smallest absolute Gasteiger partial charge is 0.258 e. The van der Waals surface area contributed by atoms with Crippen LogP contribution >= 0.6 is 15.9 Å². The third-order valence-electron chi connectivity index (χ3n) is 2.10. The number of carbonyl (C=O) groups excluding carboxylic acids is 1. The number of hydrogen-bond acceptors (Lipinski definition) is 4. The predicted molar refractivity (Wildman–Crippen MR) is 74.2 cm³/mol. The number of amides is 1. The molecule has 1 aromatic carbocycles. The lowest BCUT2D eigenvalue weighted by molar-refractivity contribution is -0.123. The van der Waals surface area contributed by atoms with E-state index in [1.807, 2.05) is 0 Å². The van der Waals surface area contributed by atoms with Gasteiger partial charge in [0, 0.05) is 12.1 Å². The first-order valence-corrected chi connectivity index (χ1v) is 7.89. The number of benzene rings is 1. The van der Waals surface area contributed by atoms with Crippen LogP contribution < -0.4 is 15.2 Å². The van der Waals surface area contributed by atoms with E-state index >= 15 is 0 Å². The molecule has 112 valence electrons. The van der Waals surface area contributed by atoms with Gasteiger partial charge in [-0.1, -0.05) is 0 Å². The molecule has 1 aromatic rings. The Balaban J connectivity index is 2.89. The highest BCUT2D eigenvalue weighted by Gasteiger charge is 2.18. The van der Waals surface area contributed by atoms with E-state index < -0.39 is 20.7 Å². The molecule has 0 spiro atoms. The average Bonchev–Trinajstić information content (AvgIpc) is 2.27. The Morgan fingerprint density at radius 1 is 1.50 bits per heavy atom. The zero-order valence-corrected chi connectivity index (χ0v) is 13.2. The van der Waals surface area contributed by atoms with Crippen molar-refractivity contribution in [2.45, 2.75) is 24.8 Å². The number of nitrogens with two attached hydrogens (primary N) is 1. The third kappa shape index (κ3) is 4.73. The molecule has 0 heterocycles. The number of halogens is 2. The summed E-state index contributed by atoms with van der Waals surface area (Å²) in [6, 6.07) is 1.79. The predicted octanol–water partition coefficient (Wildman–Crippen LogP) is 1.14. The van der Waals surface area contributed by atoms with Crippen LogP contribution in [0.4, 0.5) is 4.39 Å².